The zero-order valence-electron chi connectivity index (χ0n) is 18.2. The summed E-state index contributed by atoms with van der Waals surface area (Å²) in [5.74, 6) is -0.817. The van der Waals surface area contributed by atoms with Crippen molar-refractivity contribution < 1.29 is 17.6 Å². The lowest BCUT2D eigenvalue weighted by molar-refractivity contribution is 0.252. The number of carbonyl (C=O) groups excluding carboxylic acids is 1. The van der Waals surface area contributed by atoms with Crippen molar-refractivity contribution in [1.29, 1.82) is 0 Å². The first kappa shape index (κ1) is 23.9. The van der Waals surface area contributed by atoms with Crippen LogP contribution >= 0.6 is 11.3 Å². The minimum atomic E-state index is -3.64. The first-order valence-electron chi connectivity index (χ1n) is 10.2. The van der Waals surface area contributed by atoms with Gasteiger partial charge in [-0.1, -0.05) is 30.7 Å². The number of aromatic nitrogens is 3. The molecular formula is C21H26FN5O3S2. The second-order valence-electron chi connectivity index (χ2n) is 7.44. The molecule has 1 aromatic carbocycles. The van der Waals surface area contributed by atoms with Crippen molar-refractivity contribution in [2.75, 3.05) is 18.1 Å². The first-order chi connectivity index (χ1) is 15.2. The Bertz CT molecular complexity index is 1200. The number of imidazole rings is 1. The van der Waals surface area contributed by atoms with Gasteiger partial charge in [0.15, 0.2) is 15.0 Å². The Morgan fingerprint density at radius 1 is 1.31 bits per heavy atom. The number of carbonyl (C=O) groups is 1. The maximum atomic E-state index is 14.2. The van der Waals surface area contributed by atoms with Gasteiger partial charge in [-0.05, 0) is 31.0 Å². The molecule has 0 radical (unpaired) electrons. The van der Waals surface area contributed by atoms with Gasteiger partial charge in [0.25, 0.3) is 0 Å². The van der Waals surface area contributed by atoms with Gasteiger partial charge in [0.05, 0.1) is 22.6 Å². The van der Waals surface area contributed by atoms with Crippen molar-refractivity contribution in [2.24, 2.45) is 0 Å². The van der Waals surface area contributed by atoms with Crippen LogP contribution in [0.5, 0.6) is 0 Å². The van der Waals surface area contributed by atoms with E-state index >= 15 is 0 Å². The van der Waals surface area contributed by atoms with E-state index in [1.54, 1.807) is 13.3 Å². The third-order valence-corrected chi connectivity index (χ3v) is 6.99. The summed E-state index contributed by atoms with van der Waals surface area (Å²) in [5.41, 5.74) is 2.01. The van der Waals surface area contributed by atoms with Crippen molar-refractivity contribution in [1.82, 2.24) is 19.9 Å². The number of amides is 2. The Morgan fingerprint density at radius 2 is 2.09 bits per heavy atom. The van der Waals surface area contributed by atoms with Gasteiger partial charge in [-0.15, -0.1) is 0 Å². The number of rotatable bonds is 9. The average Bonchev–Trinajstić information content (AvgIpc) is 3.31. The third kappa shape index (κ3) is 6.13. The summed E-state index contributed by atoms with van der Waals surface area (Å²) < 4.78 is 39.5. The van der Waals surface area contributed by atoms with Gasteiger partial charge in [0.2, 0.25) is 0 Å². The Balaban J connectivity index is 1.57. The molecule has 3 rings (SSSR count). The van der Waals surface area contributed by atoms with Crippen molar-refractivity contribution >= 4 is 32.3 Å². The molecule has 2 aromatic heterocycles. The molecule has 32 heavy (non-hydrogen) atoms. The number of urea groups is 1. The highest BCUT2D eigenvalue weighted by molar-refractivity contribution is 7.90. The molecule has 0 saturated heterocycles. The third-order valence-electron chi connectivity index (χ3n) is 4.73. The maximum Gasteiger partial charge on any atom is 0.321 e. The van der Waals surface area contributed by atoms with E-state index in [9.17, 15) is 17.6 Å². The van der Waals surface area contributed by atoms with Gasteiger partial charge in [-0.3, -0.25) is 5.32 Å². The molecule has 0 unspecified atom stereocenters. The maximum absolute atomic E-state index is 14.2. The Morgan fingerprint density at radius 3 is 2.78 bits per heavy atom. The number of anilines is 1. The number of hydrogen-bond donors (Lipinski definition) is 2. The summed E-state index contributed by atoms with van der Waals surface area (Å²) >= 11 is 1.19. The van der Waals surface area contributed by atoms with E-state index in [4.69, 9.17) is 0 Å². The summed E-state index contributed by atoms with van der Waals surface area (Å²) in [7, 11) is -3.64. The van der Waals surface area contributed by atoms with Crippen LogP contribution in [0.4, 0.5) is 14.3 Å². The molecule has 0 aliphatic rings. The second kappa shape index (κ2) is 10.2. The van der Waals surface area contributed by atoms with Crippen LogP contribution in [0.3, 0.4) is 0 Å². The van der Waals surface area contributed by atoms with E-state index in [2.05, 4.69) is 27.5 Å². The predicted molar refractivity (Wildman–Crippen MR) is 123 cm³/mol. The monoisotopic (exact) mass is 479 g/mol. The molecule has 2 heterocycles. The number of aryl methyl sites for hydroxylation is 2. The minimum absolute atomic E-state index is 0.351. The zero-order chi connectivity index (χ0) is 23.3. The van der Waals surface area contributed by atoms with Crippen LogP contribution in [0.1, 0.15) is 31.2 Å². The van der Waals surface area contributed by atoms with E-state index in [1.165, 1.54) is 29.5 Å². The molecule has 172 valence electrons. The number of nitrogens with zero attached hydrogens (tertiary/aromatic N) is 3. The summed E-state index contributed by atoms with van der Waals surface area (Å²) in [5, 5.41) is 5.83. The second-order valence-corrected chi connectivity index (χ2v) is 10.4. The molecule has 8 nitrogen and oxygen atoms in total. The van der Waals surface area contributed by atoms with Gasteiger partial charge in [-0.2, -0.15) is 0 Å². The van der Waals surface area contributed by atoms with Gasteiger partial charge in [0.1, 0.15) is 10.7 Å². The lowest BCUT2D eigenvalue weighted by Crippen LogP contribution is -2.30. The summed E-state index contributed by atoms with van der Waals surface area (Å²) in [6, 6.07) is 3.54. The van der Waals surface area contributed by atoms with Crippen LogP contribution in [0.2, 0.25) is 0 Å². The number of hydrogen-bond acceptors (Lipinski definition) is 6. The van der Waals surface area contributed by atoms with Crippen molar-refractivity contribution in [3.8, 4) is 10.4 Å². The van der Waals surface area contributed by atoms with E-state index in [1.807, 2.05) is 10.8 Å². The predicted octanol–water partition coefficient (Wildman–Crippen LogP) is 4.02. The van der Waals surface area contributed by atoms with Gasteiger partial charge >= 0.3 is 6.03 Å². The smallest absolute Gasteiger partial charge is 0.321 e. The molecule has 2 amide bonds. The molecule has 3 aromatic rings. The summed E-state index contributed by atoms with van der Waals surface area (Å²) in [6.07, 6.45) is 7.58. The quantitative estimate of drug-likeness (QED) is 0.482. The summed E-state index contributed by atoms with van der Waals surface area (Å²) in [4.78, 5) is 21.2. The van der Waals surface area contributed by atoms with Crippen LogP contribution in [-0.4, -0.2) is 41.8 Å². The topological polar surface area (TPSA) is 106 Å². The highest BCUT2D eigenvalue weighted by Crippen LogP contribution is 2.34. The molecule has 0 fully saturated rings. The van der Waals surface area contributed by atoms with Crippen LogP contribution in [0.15, 0.2) is 35.6 Å². The fourth-order valence-corrected chi connectivity index (χ4v) is 4.79. The fourth-order valence-electron chi connectivity index (χ4n) is 3.10. The first-order valence-corrected chi connectivity index (χ1v) is 12.9. The largest absolute Gasteiger partial charge is 0.337 e. The molecule has 0 aliphatic heterocycles. The molecule has 11 heteroatoms. The van der Waals surface area contributed by atoms with Gasteiger partial charge in [-0.25, -0.2) is 27.6 Å². The summed E-state index contributed by atoms with van der Waals surface area (Å²) in [6.45, 7) is 5.24. The molecule has 0 atom stereocenters. The molecule has 0 aliphatic carbocycles. The van der Waals surface area contributed by atoms with Gasteiger partial charge in [0, 0.05) is 32.0 Å². The Hall–Kier alpha value is -2.79. The molecule has 2 N–H and O–H groups in total. The van der Waals surface area contributed by atoms with E-state index < -0.39 is 21.7 Å². The lowest BCUT2D eigenvalue weighted by Gasteiger charge is -2.04. The molecular weight excluding hydrogens is 453 g/mol. The SMILES string of the molecule is CCCCn1cnc(CCNC(=O)Nc2nc(C)c(-c3ccc(S(C)(=O)=O)c(F)c3)s2)c1. The normalized spacial score (nSPS) is 11.5. The number of benzene rings is 1. The lowest BCUT2D eigenvalue weighted by atomic mass is 10.1. The fraction of sp³-hybridized carbons (Fsp3) is 0.381. The highest BCUT2D eigenvalue weighted by atomic mass is 32.2. The Labute approximate surface area is 190 Å². The van der Waals surface area contributed by atoms with Crippen LogP contribution in [0, 0.1) is 12.7 Å². The van der Waals surface area contributed by atoms with Crippen molar-refractivity contribution in [3.05, 3.63) is 47.9 Å². The van der Waals surface area contributed by atoms with Crippen molar-refractivity contribution in [2.45, 2.75) is 44.6 Å². The number of halogens is 1. The number of nitrogens with one attached hydrogen (secondary N) is 2. The van der Waals surface area contributed by atoms with E-state index in [0.717, 1.165) is 31.3 Å². The van der Waals surface area contributed by atoms with E-state index in [-0.39, 0.29) is 4.90 Å². The average molecular weight is 480 g/mol. The van der Waals surface area contributed by atoms with Crippen molar-refractivity contribution in [3.63, 3.8) is 0 Å². The van der Waals surface area contributed by atoms with Crippen LogP contribution in [0.25, 0.3) is 10.4 Å². The zero-order valence-corrected chi connectivity index (χ0v) is 19.8. The minimum Gasteiger partial charge on any atom is -0.337 e. The molecule has 0 bridgehead atoms. The van der Waals surface area contributed by atoms with Gasteiger partial charge < -0.3 is 9.88 Å². The number of sulfone groups is 1. The van der Waals surface area contributed by atoms with Crippen LogP contribution < -0.4 is 10.6 Å². The standard InChI is InChI=1S/C21H26FN5O3S2/c1-4-5-10-27-12-16(24-13-27)8-9-23-20(28)26-21-25-14(2)19(31-21)15-6-7-18(17(22)11-15)32(3,29)30/h6-7,11-13H,4-5,8-10H2,1-3H3,(H2,23,25,26,28). The highest BCUT2D eigenvalue weighted by Gasteiger charge is 2.17. The number of unbranched alkanes of at least 4 members (excludes halogenated alkanes) is 1. The molecule has 0 saturated carbocycles. The Kier molecular flexibility index (Phi) is 7.62. The van der Waals surface area contributed by atoms with E-state index in [0.29, 0.717) is 34.2 Å². The molecule has 0 spiro atoms. The number of thiazole rings is 1. The van der Waals surface area contributed by atoms with Crippen LogP contribution in [-0.2, 0) is 22.8 Å².